The van der Waals surface area contributed by atoms with Crippen molar-refractivity contribution in [1.29, 1.82) is 0 Å². The van der Waals surface area contributed by atoms with Gasteiger partial charge in [0.05, 0.1) is 12.2 Å². The second kappa shape index (κ2) is 5.20. The van der Waals surface area contributed by atoms with Gasteiger partial charge < -0.3 is 9.84 Å². The highest BCUT2D eigenvalue weighted by atomic mass is 16.5. The summed E-state index contributed by atoms with van der Waals surface area (Å²) in [5.74, 6) is -0.307. The van der Waals surface area contributed by atoms with Crippen molar-refractivity contribution in [3.8, 4) is 5.75 Å². The Labute approximate surface area is 89.0 Å². The Morgan fingerprint density at radius 3 is 2.93 bits per heavy atom. The second-order valence-corrected chi connectivity index (χ2v) is 3.16. The van der Waals surface area contributed by atoms with Gasteiger partial charge in [0.2, 0.25) is 0 Å². The van der Waals surface area contributed by atoms with Gasteiger partial charge in [-0.1, -0.05) is 12.1 Å². The van der Waals surface area contributed by atoms with E-state index in [1.54, 1.807) is 31.2 Å². The Bertz CT molecular complexity index is 369. The van der Waals surface area contributed by atoms with Gasteiger partial charge in [0.1, 0.15) is 5.75 Å². The number of carboxylic acid groups (broad SMARTS) is 1. The van der Waals surface area contributed by atoms with Crippen molar-refractivity contribution in [3.05, 3.63) is 42.0 Å². The lowest BCUT2D eigenvalue weighted by Crippen LogP contribution is -2.03. The van der Waals surface area contributed by atoms with Crippen LogP contribution < -0.4 is 4.74 Å². The molecule has 0 amide bonds. The molecule has 0 bridgehead atoms. The third-order valence-electron chi connectivity index (χ3n) is 2.09. The van der Waals surface area contributed by atoms with Gasteiger partial charge in [-0.2, -0.15) is 0 Å². The number of rotatable bonds is 5. The molecule has 1 rings (SSSR count). The summed E-state index contributed by atoms with van der Waals surface area (Å²) in [5.41, 5.74) is 0.945. The third-order valence-corrected chi connectivity index (χ3v) is 2.09. The highest BCUT2D eigenvalue weighted by Crippen LogP contribution is 2.21. The molecule has 3 nitrogen and oxygen atoms in total. The third kappa shape index (κ3) is 2.84. The molecule has 0 fully saturated rings. The molecule has 1 N–H and O–H groups in total. The van der Waals surface area contributed by atoms with Crippen LogP contribution in [0.4, 0.5) is 0 Å². The number of ether oxygens (including phenoxy) is 1. The molecule has 3 heteroatoms. The molecule has 0 saturated carbocycles. The van der Waals surface area contributed by atoms with E-state index >= 15 is 0 Å². The van der Waals surface area contributed by atoms with Gasteiger partial charge in [-0.3, -0.25) is 0 Å². The number of carboxylic acids is 1. The Morgan fingerprint density at radius 2 is 2.33 bits per heavy atom. The molecule has 0 heterocycles. The van der Waals surface area contributed by atoms with E-state index in [0.29, 0.717) is 17.9 Å². The molecule has 1 aromatic rings. The molecule has 0 radical (unpaired) electrons. The zero-order chi connectivity index (χ0) is 11.3. The van der Waals surface area contributed by atoms with Gasteiger partial charge in [0.25, 0.3) is 0 Å². The normalized spacial score (nSPS) is 9.67. The van der Waals surface area contributed by atoms with Gasteiger partial charge in [-0.25, -0.2) is 4.79 Å². The van der Waals surface area contributed by atoms with Crippen molar-refractivity contribution in [2.45, 2.75) is 13.3 Å². The summed E-state index contributed by atoms with van der Waals surface area (Å²) in [7, 11) is 0. The van der Waals surface area contributed by atoms with Crippen LogP contribution in [0.25, 0.3) is 0 Å². The van der Waals surface area contributed by atoms with Crippen molar-refractivity contribution in [3.63, 3.8) is 0 Å². The van der Waals surface area contributed by atoms with Crippen LogP contribution in [0.5, 0.6) is 5.75 Å². The van der Waals surface area contributed by atoms with E-state index < -0.39 is 5.97 Å². The van der Waals surface area contributed by atoms with Crippen LogP contribution >= 0.6 is 0 Å². The summed E-state index contributed by atoms with van der Waals surface area (Å²) in [4.78, 5) is 10.8. The minimum absolute atomic E-state index is 0.283. The molecule has 1 aromatic carbocycles. The van der Waals surface area contributed by atoms with Crippen LogP contribution in [-0.2, 0) is 0 Å². The summed E-state index contributed by atoms with van der Waals surface area (Å²) in [5, 5.41) is 8.89. The van der Waals surface area contributed by atoms with E-state index in [1.807, 2.05) is 0 Å². The first-order chi connectivity index (χ1) is 7.16. The van der Waals surface area contributed by atoms with Crippen LogP contribution in [0.2, 0.25) is 0 Å². The van der Waals surface area contributed by atoms with Crippen molar-refractivity contribution in [1.82, 2.24) is 0 Å². The standard InChI is InChI=1S/C12H14O3/c1-3-4-8-15-11-7-5-6-10(9(11)2)12(13)14/h3,5-7H,1,4,8H2,2H3,(H,13,14). The van der Waals surface area contributed by atoms with Crippen LogP contribution in [-0.4, -0.2) is 17.7 Å². The minimum atomic E-state index is -0.929. The quantitative estimate of drug-likeness (QED) is 0.595. The Balaban J connectivity index is 2.84. The molecule has 0 atom stereocenters. The molecular formula is C12H14O3. The Morgan fingerprint density at radius 1 is 1.60 bits per heavy atom. The van der Waals surface area contributed by atoms with Crippen LogP contribution in [0.3, 0.4) is 0 Å². The molecule has 0 spiro atoms. The first-order valence-electron chi connectivity index (χ1n) is 4.73. The number of aromatic carboxylic acids is 1. The lowest BCUT2D eigenvalue weighted by molar-refractivity contribution is 0.0695. The maximum Gasteiger partial charge on any atom is 0.336 e. The smallest absolute Gasteiger partial charge is 0.336 e. The summed E-state index contributed by atoms with van der Waals surface area (Å²) in [6.45, 7) is 5.85. The summed E-state index contributed by atoms with van der Waals surface area (Å²) in [6, 6.07) is 5.02. The van der Waals surface area contributed by atoms with E-state index in [1.165, 1.54) is 0 Å². The predicted octanol–water partition coefficient (Wildman–Crippen LogP) is 2.65. The van der Waals surface area contributed by atoms with Gasteiger partial charge >= 0.3 is 5.97 Å². The van der Waals surface area contributed by atoms with Gasteiger partial charge in [-0.15, -0.1) is 6.58 Å². The summed E-state index contributed by atoms with van der Waals surface area (Å²) in [6.07, 6.45) is 2.51. The van der Waals surface area contributed by atoms with E-state index in [9.17, 15) is 4.79 Å². The minimum Gasteiger partial charge on any atom is -0.493 e. The van der Waals surface area contributed by atoms with Gasteiger partial charge in [0.15, 0.2) is 0 Å². The summed E-state index contributed by atoms with van der Waals surface area (Å²) < 4.78 is 5.43. The predicted molar refractivity (Wildman–Crippen MR) is 58.4 cm³/mol. The van der Waals surface area contributed by atoms with Crippen molar-refractivity contribution in [2.24, 2.45) is 0 Å². The molecule has 80 valence electrons. The average Bonchev–Trinajstić information content (AvgIpc) is 2.20. The fraction of sp³-hybridized carbons (Fsp3) is 0.250. The zero-order valence-electron chi connectivity index (χ0n) is 8.69. The molecular weight excluding hydrogens is 192 g/mol. The largest absolute Gasteiger partial charge is 0.493 e. The van der Waals surface area contributed by atoms with Crippen LogP contribution in [0.1, 0.15) is 22.3 Å². The highest BCUT2D eigenvalue weighted by Gasteiger charge is 2.10. The number of hydrogen-bond donors (Lipinski definition) is 1. The Hall–Kier alpha value is -1.77. The molecule has 0 aliphatic carbocycles. The molecule has 0 aliphatic heterocycles. The lowest BCUT2D eigenvalue weighted by Gasteiger charge is -2.09. The Kier molecular flexibility index (Phi) is 3.92. The van der Waals surface area contributed by atoms with Crippen LogP contribution in [0, 0.1) is 6.92 Å². The fourth-order valence-corrected chi connectivity index (χ4v) is 1.25. The van der Waals surface area contributed by atoms with Gasteiger partial charge in [-0.05, 0) is 25.5 Å². The molecule has 0 unspecified atom stereocenters. The number of hydrogen-bond acceptors (Lipinski definition) is 2. The molecule has 0 aromatic heterocycles. The average molecular weight is 206 g/mol. The van der Waals surface area contributed by atoms with Crippen LogP contribution in [0.15, 0.2) is 30.9 Å². The monoisotopic (exact) mass is 206 g/mol. The maximum absolute atomic E-state index is 10.8. The van der Waals surface area contributed by atoms with Gasteiger partial charge in [0, 0.05) is 5.56 Å². The summed E-state index contributed by atoms with van der Waals surface area (Å²) >= 11 is 0. The SMILES string of the molecule is C=CCCOc1cccc(C(=O)O)c1C. The highest BCUT2D eigenvalue weighted by molar-refractivity contribution is 5.90. The van der Waals surface area contributed by atoms with Crippen molar-refractivity contribution in [2.75, 3.05) is 6.61 Å². The van der Waals surface area contributed by atoms with E-state index in [0.717, 1.165) is 6.42 Å². The maximum atomic E-state index is 10.8. The lowest BCUT2D eigenvalue weighted by atomic mass is 10.1. The van der Waals surface area contributed by atoms with Crippen molar-refractivity contribution < 1.29 is 14.6 Å². The van der Waals surface area contributed by atoms with E-state index in [2.05, 4.69) is 6.58 Å². The first kappa shape index (κ1) is 11.3. The zero-order valence-corrected chi connectivity index (χ0v) is 8.69. The molecule has 15 heavy (non-hydrogen) atoms. The van der Waals surface area contributed by atoms with Crippen molar-refractivity contribution >= 4 is 5.97 Å². The first-order valence-corrected chi connectivity index (χ1v) is 4.73. The topological polar surface area (TPSA) is 46.5 Å². The van der Waals surface area contributed by atoms with E-state index in [4.69, 9.17) is 9.84 Å². The number of benzene rings is 1. The fourth-order valence-electron chi connectivity index (χ4n) is 1.25. The second-order valence-electron chi connectivity index (χ2n) is 3.16. The molecule has 0 saturated heterocycles. The molecule has 0 aliphatic rings. The van der Waals surface area contributed by atoms with E-state index in [-0.39, 0.29) is 5.56 Å². The number of carbonyl (C=O) groups is 1.